The zero-order valence-corrected chi connectivity index (χ0v) is 11.7. The van der Waals surface area contributed by atoms with E-state index in [1.54, 1.807) is 36.0 Å². The van der Waals surface area contributed by atoms with E-state index in [1.165, 1.54) is 0 Å². The molecule has 1 aromatic carbocycles. The summed E-state index contributed by atoms with van der Waals surface area (Å²) in [7, 11) is 1.94. The first kappa shape index (κ1) is 13.6. The second-order valence-electron chi connectivity index (χ2n) is 3.97. The fourth-order valence-corrected chi connectivity index (χ4v) is 2.22. The van der Waals surface area contributed by atoms with Crippen molar-refractivity contribution in [3.05, 3.63) is 35.7 Å². The zero-order chi connectivity index (χ0) is 13.7. The highest BCUT2D eigenvalue weighted by Gasteiger charge is 2.04. The summed E-state index contributed by atoms with van der Waals surface area (Å²) in [6, 6.07) is 7.06. The Labute approximate surface area is 116 Å². The summed E-state index contributed by atoms with van der Waals surface area (Å²) < 4.78 is 7.53. The number of aldehydes is 1. The van der Waals surface area contributed by atoms with Gasteiger partial charge < -0.3 is 9.30 Å². The van der Waals surface area contributed by atoms with Gasteiger partial charge in [-0.1, -0.05) is 11.8 Å². The monoisotopic (exact) mass is 277 g/mol. The Hall–Kier alpha value is -1.82. The zero-order valence-electron chi connectivity index (χ0n) is 10.9. The molecule has 0 saturated heterocycles. The van der Waals surface area contributed by atoms with Gasteiger partial charge in [-0.2, -0.15) is 0 Å². The summed E-state index contributed by atoms with van der Waals surface area (Å²) in [5.41, 5.74) is 0.649. The van der Waals surface area contributed by atoms with Crippen molar-refractivity contribution < 1.29 is 9.53 Å². The number of rotatable bonds is 6. The number of hydrogen-bond donors (Lipinski definition) is 0. The molecule has 0 amide bonds. The number of aromatic nitrogens is 3. The molecule has 2 aromatic rings. The summed E-state index contributed by atoms with van der Waals surface area (Å²) in [5.74, 6) is 2.45. The number of benzene rings is 1. The van der Waals surface area contributed by atoms with E-state index in [-0.39, 0.29) is 0 Å². The minimum absolute atomic E-state index is 0.580. The van der Waals surface area contributed by atoms with Crippen LogP contribution in [0.1, 0.15) is 16.2 Å². The van der Waals surface area contributed by atoms with Crippen LogP contribution in [0.5, 0.6) is 5.75 Å². The molecule has 19 heavy (non-hydrogen) atoms. The van der Waals surface area contributed by atoms with E-state index in [0.717, 1.165) is 28.8 Å². The highest BCUT2D eigenvalue weighted by molar-refractivity contribution is 7.99. The van der Waals surface area contributed by atoms with E-state index in [2.05, 4.69) is 10.2 Å². The molecule has 1 heterocycles. The van der Waals surface area contributed by atoms with Crippen molar-refractivity contribution in [1.29, 1.82) is 0 Å². The normalized spacial score (nSPS) is 10.4. The van der Waals surface area contributed by atoms with Crippen molar-refractivity contribution in [3.8, 4) is 5.75 Å². The first-order chi connectivity index (χ1) is 9.20. The molecular weight excluding hydrogens is 262 g/mol. The third-order valence-corrected chi connectivity index (χ3v) is 3.64. The number of aryl methyl sites for hydroxylation is 1. The molecular formula is C13H15N3O2S. The van der Waals surface area contributed by atoms with Crippen molar-refractivity contribution in [2.45, 2.75) is 12.1 Å². The smallest absolute Gasteiger partial charge is 0.191 e. The van der Waals surface area contributed by atoms with Gasteiger partial charge in [0.15, 0.2) is 5.16 Å². The summed E-state index contributed by atoms with van der Waals surface area (Å²) in [6.45, 7) is 2.50. The molecule has 2 rings (SSSR count). The second kappa shape index (κ2) is 6.38. The quantitative estimate of drug-likeness (QED) is 0.460. The average Bonchev–Trinajstić information content (AvgIpc) is 2.76. The number of carbonyl (C=O) groups excluding carboxylic acids is 1. The Morgan fingerprint density at radius 3 is 2.63 bits per heavy atom. The molecule has 100 valence electrons. The highest BCUT2D eigenvalue weighted by atomic mass is 32.2. The SMILES string of the molecule is Cc1nnc(SCCOc2ccc(C=O)cc2)n1C. The van der Waals surface area contributed by atoms with Gasteiger partial charge in [0.25, 0.3) is 0 Å². The predicted octanol–water partition coefficient (Wildman–Crippen LogP) is 2.11. The number of thioether (sulfide) groups is 1. The minimum atomic E-state index is 0.580. The highest BCUT2D eigenvalue weighted by Crippen LogP contribution is 2.16. The van der Waals surface area contributed by atoms with Crippen LogP contribution in [-0.2, 0) is 7.05 Å². The number of ether oxygens (including phenoxy) is 1. The van der Waals surface area contributed by atoms with Crippen molar-refractivity contribution >= 4 is 18.0 Å². The summed E-state index contributed by atoms with van der Waals surface area (Å²) >= 11 is 1.60. The predicted molar refractivity (Wildman–Crippen MR) is 73.8 cm³/mol. The van der Waals surface area contributed by atoms with Crippen molar-refractivity contribution in [1.82, 2.24) is 14.8 Å². The van der Waals surface area contributed by atoms with E-state index < -0.39 is 0 Å². The molecule has 0 aliphatic rings. The summed E-state index contributed by atoms with van der Waals surface area (Å²) in [6.07, 6.45) is 0.816. The molecule has 0 N–H and O–H groups in total. The van der Waals surface area contributed by atoms with E-state index in [4.69, 9.17) is 4.74 Å². The lowest BCUT2D eigenvalue weighted by Gasteiger charge is -2.05. The van der Waals surface area contributed by atoms with Crippen LogP contribution in [0.15, 0.2) is 29.4 Å². The third-order valence-electron chi connectivity index (χ3n) is 2.65. The molecule has 0 radical (unpaired) electrons. The largest absolute Gasteiger partial charge is 0.493 e. The molecule has 0 atom stereocenters. The van der Waals surface area contributed by atoms with Crippen LogP contribution in [0.2, 0.25) is 0 Å². The van der Waals surface area contributed by atoms with Gasteiger partial charge in [0, 0.05) is 18.4 Å². The van der Waals surface area contributed by atoms with E-state index in [0.29, 0.717) is 12.2 Å². The van der Waals surface area contributed by atoms with Gasteiger partial charge >= 0.3 is 0 Å². The fourth-order valence-electron chi connectivity index (χ4n) is 1.45. The van der Waals surface area contributed by atoms with Crippen LogP contribution in [-0.4, -0.2) is 33.4 Å². The fraction of sp³-hybridized carbons (Fsp3) is 0.308. The van der Waals surface area contributed by atoms with Crippen LogP contribution in [0.3, 0.4) is 0 Å². The van der Waals surface area contributed by atoms with Crippen LogP contribution in [0, 0.1) is 6.92 Å². The lowest BCUT2D eigenvalue weighted by Crippen LogP contribution is -2.02. The van der Waals surface area contributed by atoms with Gasteiger partial charge in [0.05, 0.1) is 6.61 Å². The van der Waals surface area contributed by atoms with Crippen molar-refractivity contribution in [3.63, 3.8) is 0 Å². The molecule has 5 nitrogen and oxygen atoms in total. The van der Waals surface area contributed by atoms with Crippen molar-refractivity contribution in [2.75, 3.05) is 12.4 Å². The maximum Gasteiger partial charge on any atom is 0.191 e. The van der Waals surface area contributed by atoms with Crippen LogP contribution < -0.4 is 4.74 Å². The molecule has 0 aliphatic carbocycles. The first-order valence-electron chi connectivity index (χ1n) is 5.87. The van der Waals surface area contributed by atoms with Gasteiger partial charge in [-0.25, -0.2) is 0 Å². The molecule has 6 heteroatoms. The minimum Gasteiger partial charge on any atom is -0.493 e. The second-order valence-corrected chi connectivity index (χ2v) is 5.03. The third kappa shape index (κ3) is 3.57. The number of carbonyl (C=O) groups is 1. The Morgan fingerprint density at radius 1 is 1.32 bits per heavy atom. The van der Waals surface area contributed by atoms with Gasteiger partial charge in [0.1, 0.15) is 17.9 Å². The molecule has 0 unspecified atom stereocenters. The summed E-state index contributed by atoms with van der Waals surface area (Å²) in [5, 5.41) is 8.94. The molecule has 0 fully saturated rings. The standard InChI is InChI=1S/C13H15N3O2S/c1-10-14-15-13(16(10)2)19-8-7-18-12-5-3-11(9-17)4-6-12/h3-6,9H,7-8H2,1-2H3. The maximum absolute atomic E-state index is 10.5. The lowest BCUT2D eigenvalue weighted by atomic mass is 10.2. The van der Waals surface area contributed by atoms with Crippen LogP contribution in [0.25, 0.3) is 0 Å². The van der Waals surface area contributed by atoms with Crippen LogP contribution >= 0.6 is 11.8 Å². The molecule has 0 spiro atoms. The molecule has 0 aliphatic heterocycles. The Morgan fingerprint density at radius 2 is 2.05 bits per heavy atom. The Balaban J connectivity index is 1.77. The topological polar surface area (TPSA) is 57.0 Å². The van der Waals surface area contributed by atoms with Gasteiger partial charge in [-0.05, 0) is 31.2 Å². The van der Waals surface area contributed by atoms with Gasteiger partial charge in [0.2, 0.25) is 0 Å². The molecule has 1 aromatic heterocycles. The van der Waals surface area contributed by atoms with E-state index in [9.17, 15) is 4.79 Å². The Bertz CT molecular complexity index is 552. The summed E-state index contributed by atoms with van der Waals surface area (Å²) in [4.78, 5) is 10.5. The number of hydrogen-bond acceptors (Lipinski definition) is 5. The molecule has 0 bridgehead atoms. The molecule has 0 saturated carbocycles. The van der Waals surface area contributed by atoms with E-state index >= 15 is 0 Å². The first-order valence-corrected chi connectivity index (χ1v) is 6.86. The number of nitrogens with zero attached hydrogens (tertiary/aromatic N) is 3. The maximum atomic E-state index is 10.5. The van der Waals surface area contributed by atoms with E-state index in [1.807, 2.05) is 18.5 Å². The van der Waals surface area contributed by atoms with Crippen molar-refractivity contribution in [2.24, 2.45) is 7.05 Å². The van der Waals surface area contributed by atoms with Gasteiger partial charge in [-0.15, -0.1) is 10.2 Å². The average molecular weight is 277 g/mol. The lowest BCUT2D eigenvalue weighted by molar-refractivity contribution is 0.112. The Kier molecular flexibility index (Phi) is 4.57. The van der Waals surface area contributed by atoms with Gasteiger partial charge in [-0.3, -0.25) is 4.79 Å². The van der Waals surface area contributed by atoms with Crippen LogP contribution in [0.4, 0.5) is 0 Å².